The summed E-state index contributed by atoms with van der Waals surface area (Å²) in [6.07, 6.45) is 4.21. The summed E-state index contributed by atoms with van der Waals surface area (Å²) in [5.41, 5.74) is 0.726. The molecule has 0 saturated heterocycles. The quantitative estimate of drug-likeness (QED) is 0.220. The van der Waals surface area contributed by atoms with Gasteiger partial charge in [0.25, 0.3) is 11.6 Å². The van der Waals surface area contributed by atoms with Gasteiger partial charge in [0, 0.05) is 25.1 Å². The number of unbranched alkanes of at least 4 members (excludes halogenated alkanes) is 2. The number of nitrogens with zero attached hydrogens (tertiary/aromatic N) is 2. The van der Waals surface area contributed by atoms with Crippen LogP contribution in [-0.2, 0) is 14.4 Å². The van der Waals surface area contributed by atoms with Crippen LogP contribution in [-0.4, -0.2) is 44.2 Å². The molecule has 0 bridgehead atoms. The van der Waals surface area contributed by atoms with Gasteiger partial charge >= 0.3 is 5.97 Å². The van der Waals surface area contributed by atoms with Crippen LogP contribution in [0.3, 0.4) is 0 Å². The first-order valence-corrected chi connectivity index (χ1v) is 10.8. The normalized spacial score (nSPS) is 15.8. The SMILES string of the molecule is O=C(O)CCCCCN1C(=O)C(O)=C(C(=O)/C=C/c2ccccc2)[C@H]1c1cccc([N+](=O)[O-])c1. The van der Waals surface area contributed by atoms with Gasteiger partial charge in [-0.15, -0.1) is 0 Å². The van der Waals surface area contributed by atoms with Crippen molar-refractivity contribution in [1.82, 2.24) is 4.90 Å². The van der Waals surface area contributed by atoms with E-state index in [-0.39, 0.29) is 24.2 Å². The molecule has 0 fully saturated rings. The zero-order valence-corrected chi connectivity index (χ0v) is 18.3. The van der Waals surface area contributed by atoms with Gasteiger partial charge in [0.05, 0.1) is 16.5 Å². The Morgan fingerprint density at radius 1 is 1.06 bits per heavy atom. The molecule has 34 heavy (non-hydrogen) atoms. The van der Waals surface area contributed by atoms with E-state index in [1.54, 1.807) is 36.4 Å². The Labute approximate surface area is 195 Å². The summed E-state index contributed by atoms with van der Waals surface area (Å²) in [6, 6.07) is 13.6. The first-order chi connectivity index (χ1) is 16.3. The highest BCUT2D eigenvalue weighted by Gasteiger charge is 2.42. The molecule has 1 aliphatic heterocycles. The van der Waals surface area contributed by atoms with Gasteiger partial charge in [0.1, 0.15) is 0 Å². The van der Waals surface area contributed by atoms with E-state index in [1.165, 1.54) is 29.2 Å². The Bertz CT molecular complexity index is 1150. The second-order valence-electron chi connectivity index (χ2n) is 7.83. The third kappa shape index (κ3) is 5.74. The molecule has 176 valence electrons. The number of aliphatic carboxylic acids is 1. The summed E-state index contributed by atoms with van der Waals surface area (Å²) >= 11 is 0. The number of benzene rings is 2. The molecule has 0 saturated carbocycles. The molecule has 3 rings (SSSR count). The fraction of sp³-hybridized carbons (Fsp3) is 0.240. The highest BCUT2D eigenvalue weighted by Crippen LogP contribution is 2.39. The molecule has 0 aliphatic carbocycles. The van der Waals surface area contributed by atoms with Gasteiger partial charge in [-0.1, -0.05) is 55.0 Å². The zero-order valence-electron chi connectivity index (χ0n) is 18.3. The molecule has 2 aromatic rings. The molecule has 0 spiro atoms. The van der Waals surface area contributed by atoms with Gasteiger partial charge in [-0.25, -0.2) is 0 Å². The monoisotopic (exact) mass is 464 g/mol. The standard InChI is InChI=1S/C25H24N2O7/c28-20(14-13-17-8-3-1-4-9-17)22-23(18-10-7-11-19(16-18)27(33)34)26(25(32)24(22)31)15-6-2-5-12-21(29)30/h1,3-4,7-11,13-14,16,23,31H,2,5-6,12,15H2,(H,29,30)/b14-13+/t23-/m1/s1. The molecule has 0 aromatic heterocycles. The Balaban J connectivity index is 1.91. The lowest BCUT2D eigenvalue weighted by Gasteiger charge is -2.26. The maximum absolute atomic E-state index is 13.1. The molecule has 9 nitrogen and oxygen atoms in total. The second-order valence-corrected chi connectivity index (χ2v) is 7.83. The van der Waals surface area contributed by atoms with Gasteiger partial charge in [-0.05, 0) is 30.0 Å². The van der Waals surface area contributed by atoms with Crippen LogP contribution in [0.25, 0.3) is 6.08 Å². The minimum Gasteiger partial charge on any atom is -0.503 e. The van der Waals surface area contributed by atoms with E-state index in [0.29, 0.717) is 24.8 Å². The van der Waals surface area contributed by atoms with Gasteiger partial charge in [0.2, 0.25) is 0 Å². The third-order valence-corrected chi connectivity index (χ3v) is 5.48. The van der Waals surface area contributed by atoms with Crippen LogP contribution in [0.15, 0.2) is 72.0 Å². The molecule has 2 aromatic carbocycles. The van der Waals surface area contributed by atoms with Crippen LogP contribution in [0.5, 0.6) is 0 Å². The highest BCUT2D eigenvalue weighted by molar-refractivity contribution is 6.14. The predicted octanol–water partition coefficient (Wildman–Crippen LogP) is 4.22. The number of amides is 1. The summed E-state index contributed by atoms with van der Waals surface area (Å²) in [6.45, 7) is 0.148. The number of non-ortho nitro benzene ring substituents is 1. The molecule has 1 heterocycles. The minimum absolute atomic E-state index is 0.000227. The van der Waals surface area contributed by atoms with E-state index in [0.717, 1.165) is 5.56 Å². The Hall–Kier alpha value is -4.27. The Morgan fingerprint density at radius 3 is 2.47 bits per heavy atom. The van der Waals surface area contributed by atoms with Crippen molar-refractivity contribution in [3.05, 3.63) is 93.2 Å². The largest absolute Gasteiger partial charge is 0.503 e. The lowest BCUT2D eigenvalue weighted by atomic mass is 9.95. The van der Waals surface area contributed by atoms with E-state index >= 15 is 0 Å². The molecule has 1 amide bonds. The Kier molecular flexibility index (Phi) is 7.92. The molecule has 1 atom stereocenters. The van der Waals surface area contributed by atoms with E-state index in [2.05, 4.69) is 0 Å². The third-order valence-electron chi connectivity index (χ3n) is 5.48. The smallest absolute Gasteiger partial charge is 0.303 e. The molecule has 0 unspecified atom stereocenters. The number of hydrogen-bond acceptors (Lipinski definition) is 6. The Morgan fingerprint density at radius 2 is 1.79 bits per heavy atom. The molecule has 2 N–H and O–H groups in total. The first kappa shape index (κ1) is 24.4. The first-order valence-electron chi connectivity index (χ1n) is 10.8. The number of aliphatic hydroxyl groups is 1. The summed E-state index contributed by atoms with van der Waals surface area (Å²) in [5, 5.41) is 30.7. The lowest BCUT2D eigenvalue weighted by Crippen LogP contribution is -2.32. The zero-order chi connectivity index (χ0) is 24.7. The van der Waals surface area contributed by atoms with Crippen LogP contribution >= 0.6 is 0 Å². The number of nitro groups is 1. The van der Waals surface area contributed by atoms with Crippen molar-refractivity contribution in [3.63, 3.8) is 0 Å². The van der Waals surface area contributed by atoms with Crippen molar-refractivity contribution in [3.8, 4) is 0 Å². The number of allylic oxidation sites excluding steroid dienone is 1. The van der Waals surface area contributed by atoms with Crippen molar-refractivity contribution in [2.45, 2.75) is 31.7 Å². The van der Waals surface area contributed by atoms with Gasteiger partial charge < -0.3 is 15.1 Å². The van der Waals surface area contributed by atoms with E-state index in [1.807, 2.05) is 6.07 Å². The second kappa shape index (κ2) is 11.0. The predicted molar refractivity (Wildman–Crippen MR) is 124 cm³/mol. The van der Waals surface area contributed by atoms with Crippen LogP contribution in [0, 0.1) is 10.1 Å². The number of hydrogen-bond donors (Lipinski definition) is 2. The number of aliphatic hydroxyl groups excluding tert-OH is 1. The van der Waals surface area contributed by atoms with Crippen LogP contribution in [0.1, 0.15) is 42.9 Å². The number of rotatable bonds is 11. The lowest BCUT2D eigenvalue weighted by molar-refractivity contribution is -0.384. The number of carboxylic acids is 1. The fourth-order valence-corrected chi connectivity index (χ4v) is 3.85. The topological polar surface area (TPSA) is 138 Å². The highest BCUT2D eigenvalue weighted by atomic mass is 16.6. The van der Waals surface area contributed by atoms with Crippen LogP contribution in [0.2, 0.25) is 0 Å². The number of carboxylic acid groups (broad SMARTS) is 1. The van der Waals surface area contributed by atoms with Crippen molar-refractivity contribution < 1.29 is 29.5 Å². The van der Waals surface area contributed by atoms with Crippen molar-refractivity contribution in [1.29, 1.82) is 0 Å². The maximum atomic E-state index is 13.1. The van der Waals surface area contributed by atoms with Crippen LogP contribution in [0.4, 0.5) is 5.69 Å². The number of nitro benzene ring substituents is 1. The summed E-state index contributed by atoms with van der Waals surface area (Å²) in [7, 11) is 0. The average Bonchev–Trinajstić information content (AvgIpc) is 3.08. The van der Waals surface area contributed by atoms with E-state index in [9.17, 15) is 29.6 Å². The minimum atomic E-state index is -1.00. The number of carbonyl (C=O) groups excluding carboxylic acids is 2. The molecule has 1 aliphatic rings. The van der Waals surface area contributed by atoms with Gasteiger partial charge in [-0.2, -0.15) is 0 Å². The maximum Gasteiger partial charge on any atom is 0.303 e. The van der Waals surface area contributed by atoms with Crippen LogP contribution < -0.4 is 0 Å². The average molecular weight is 464 g/mol. The van der Waals surface area contributed by atoms with Gasteiger partial charge in [-0.3, -0.25) is 24.5 Å². The van der Waals surface area contributed by atoms with E-state index in [4.69, 9.17) is 5.11 Å². The molecule has 0 radical (unpaired) electrons. The van der Waals surface area contributed by atoms with Crippen molar-refractivity contribution >= 4 is 29.4 Å². The molecular weight excluding hydrogens is 440 g/mol. The van der Waals surface area contributed by atoms with E-state index < -0.39 is 34.4 Å². The van der Waals surface area contributed by atoms with Crippen molar-refractivity contribution in [2.75, 3.05) is 6.54 Å². The fourth-order valence-electron chi connectivity index (χ4n) is 3.85. The molecular formula is C25H24N2O7. The molecule has 9 heteroatoms. The number of carbonyl (C=O) groups is 3. The van der Waals surface area contributed by atoms with Crippen molar-refractivity contribution in [2.24, 2.45) is 0 Å². The summed E-state index contributed by atoms with van der Waals surface area (Å²) < 4.78 is 0. The summed E-state index contributed by atoms with van der Waals surface area (Å²) in [5.74, 6) is -2.93. The van der Waals surface area contributed by atoms with Gasteiger partial charge in [0.15, 0.2) is 11.5 Å². The summed E-state index contributed by atoms with van der Waals surface area (Å²) in [4.78, 5) is 48.7. The number of ketones is 1.